The number of hydrogen-bond donors (Lipinski definition) is 1. The van der Waals surface area contributed by atoms with Gasteiger partial charge in [-0.25, -0.2) is 9.18 Å². The summed E-state index contributed by atoms with van der Waals surface area (Å²) in [6.45, 7) is 0.814. The highest BCUT2D eigenvalue weighted by Crippen LogP contribution is 2.22. The van der Waals surface area contributed by atoms with E-state index in [4.69, 9.17) is 11.6 Å². The summed E-state index contributed by atoms with van der Waals surface area (Å²) in [7, 11) is 3.03. The molecule has 0 amide bonds. The molecule has 0 atom stereocenters. The van der Waals surface area contributed by atoms with E-state index in [-0.39, 0.29) is 5.82 Å². The van der Waals surface area contributed by atoms with Gasteiger partial charge in [0.1, 0.15) is 5.82 Å². The largest absolute Gasteiger partial charge is 0.355 e. The summed E-state index contributed by atoms with van der Waals surface area (Å²) in [5, 5.41) is 3.82. The minimum atomic E-state index is -0.447. The highest BCUT2D eigenvalue weighted by Gasteiger charge is 2.19. The maximum absolute atomic E-state index is 13.1. The fourth-order valence-electron chi connectivity index (χ4n) is 3.50. The Morgan fingerprint density at radius 1 is 1.03 bits per heavy atom. The molecule has 2 aromatic heterocycles. The van der Waals surface area contributed by atoms with E-state index in [0.29, 0.717) is 41.6 Å². The Morgan fingerprint density at radius 3 is 2.45 bits per heavy atom. The molecule has 9 heteroatoms. The first-order chi connectivity index (χ1) is 14.9. The number of anilines is 1. The zero-order valence-electron chi connectivity index (χ0n) is 17.1. The van der Waals surface area contributed by atoms with E-state index in [1.807, 2.05) is 18.2 Å². The molecule has 0 saturated carbocycles. The number of fused-ring (bicyclic) bond motifs is 1. The van der Waals surface area contributed by atoms with E-state index in [1.165, 1.54) is 23.7 Å². The van der Waals surface area contributed by atoms with Gasteiger partial charge in [-0.15, -0.1) is 0 Å². The SMILES string of the molecule is Cn1c(=O)c2c(nc(NCCc3ccc(F)cc3)n2Cc2ccccc2Cl)n(C)c1=O. The Kier molecular flexibility index (Phi) is 5.65. The lowest BCUT2D eigenvalue weighted by atomic mass is 10.1. The van der Waals surface area contributed by atoms with Crippen molar-refractivity contribution in [2.24, 2.45) is 14.1 Å². The van der Waals surface area contributed by atoms with Crippen LogP contribution in [0.2, 0.25) is 5.02 Å². The molecule has 0 aliphatic carbocycles. The second kappa shape index (κ2) is 8.39. The van der Waals surface area contributed by atoms with Gasteiger partial charge in [0.25, 0.3) is 5.56 Å². The Hall–Kier alpha value is -3.39. The Morgan fingerprint density at radius 2 is 1.74 bits per heavy atom. The molecular formula is C22H21ClFN5O2. The number of benzene rings is 2. The van der Waals surface area contributed by atoms with Crippen molar-refractivity contribution in [2.75, 3.05) is 11.9 Å². The average molecular weight is 442 g/mol. The number of nitrogens with one attached hydrogen (secondary N) is 1. The van der Waals surface area contributed by atoms with E-state index >= 15 is 0 Å². The second-order valence-corrected chi connectivity index (χ2v) is 7.70. The van der Waals surface area contributed by atoms with Crippen molar-refractivity contribution < 1.29 is 4.39 Å². The van der Waals surface area contributed by atoms with Crippen molar-refractivity contribution in [1.29, 1.82) is 0 Å². The van der Waals surface area contributed by atoms with Gasteiger partial charge in [0.05, 0.1) is 6.54 Å². The van der Waals surface area contributed by atoms with Crippen molar-refractivity contribution in [2.45, 2.75) is 13.0 Å². The normalized spacial score (nSPS) is 11.2. The van der Waals surface area contributed by atoms with Gasteiger partial charge in [0, 0.05) is 25.7 Å². The smallest absolute Gasteiger partial charge is 0.332 e. The lowest BCUT2D eigenvalue weighted by Crippen LogP contribution is -2.37. The van der Waals surface area contributed by atoms with Crippen LogP contribution in [0, 0.1) is 5.82 Å². The van der Waals surface area contributed by atoms with Gasteiger partial charge in [-0.05, 0) is 35.7 Å². The minimum Gasteiger partial charge on any atom is -0.355 e. The third-order valence-corrected chi connectivity index (χ3v) is 5.61. The molecule has 0 spiro atoms. The van der Waals surface area contributed by atoms with E-state index < -0.39 is 11.2 Å². The molecule has 0 saturated heterocycles. The molecule has 1 N–H and O–H groups in total. The van der Waals surface area contributed by atoms with Crippen LogP contribution in [0.25, 0.3) is 11.2 Å². The Bertz CT molecular complexity index is 1370. The summed E-state index contributed by atoms with van der Waals surface area (Å²) < 4.78 is 17.3. The van der Waals surface area contributed by atoms with Crippen LogP contribution < -0.4 is 16.6 Å². The molecule has 4 aromatic rings. The molecule has 2 aromatic carbocycles. The molecule has 160 valence electrons. The van der Waals surface area contributed by atoms with E-state index in [2.05, 4.69) is 10.3 Å². The summed E-state index contributed by atoms with van der Waals surface area (Å²) in [5.41, 5.74) is 1.52. The summed E-state index contributed by atoms with van der Waals surface area (Å²) in [6, 6.07) is 13.7. The molecule has 0 radical (unpaired) electrons. The Balaban J connectivity index is 1.76. The van der Waals surface area contributed by atoms with E-state index in [1.54, 1.807) is 29.8 Å². The maximum Gasteiger partial charge on any atom is 0.332 e. The summed E-state index contributed by atoms with van der Waals surface area (Å²) in [4.78, 5) is 29.8. The lowest BCUT2D eigenvalue weighted by Gasteiger charge is -2.12. The van der Waals surface area contributed by atoms with Crippen LogP contribution in [0.5, 0.6) is 0 Å². The Labute approximate surface area is 182 Å². The van der Waals surface area contributed by atoms with Crippen molar-refractivity contribution in [3.05, 3.63) is 91.3 Å². The number of halogens is 2. The first-order valence-electron chi connectivity index (χ1n) is 9.75. The van der Waals surface area contributed by atoms with Crippen LogP contribution in [0.15, 0.2) is 58.1 Å². The van der Waals surface area contributed by atoms with Gasteiger partial charge in [-0.1, -0.05) is 41.9 Å². The number of hydrogen-bond acceptors (Lipinski definition) is 4. The summed E-state index contributed by atoms with van der Waals surface area (Å²) in [5.74, 6) is 0.172. The third-order valence-electron chi connectivity index (χ3n) is 5.24. The zero-order valence-corrected chi connectivity index (χ0v) is 17.9. The number of nitrogens with zero attached hydrogens (tertiary/aromatic N) is 4. The van der Waals surface area contributed by atoms with E-state index in [9.17, 15) is 14.0 Å². The molecule has 0 unspecified atom stereocenters. The standard InChI is InChI=1S/C22H21ClFN5O2/c1-27-19-18(20(30)28(2)22(27)31)29(13-15-5-3-4-6-17(15)23)21(26-19)25-12-11-14-7-9-16(24)10-8-14/h3-10H,11-13H2,1-2H3,(H,25,26). The predicted molar refractivity (Wildman–Crippen MR) is 119 cm³/mol. The van der Waals surface area contributed by atoms with Crippen molar-refractivity contribution in [3.8, 4) is 0 Å². The highest BCUT2D eigenvalue weighted by molar-refractivity contribution is 6.31. The summed E-state index contributed by atoms with van der Waals surface area (Å²) >= 11 is 6.35. The van der Waals surface area contributed by atoms with Gasteiger partial charge >= 0.3 is 5.69 Å². The van der Waals surface area contributed by atoms with Gasteiger partial charge < -0.3 is 5.32 Å². The van der Waals surface area contributed by atoms with Gasteiger partial charge in [0.2, 0.25) is 5.95 Å². The number of aromatic nitrogens is 4. The monoisotopic (exact) mass is 441 g/mol. The molecule has 0 fully saturated rings. The molecule has 0 bridgehead atoms. The van der Waals surface area contributed by atoms with Crippen LogP contribution in [0.1, 0.15) is 11.1 Å². The third kappa shape index (κ3) is 3.98. The summed E-state index contributed by atoms with van der Waals surface area (Å²) in [6.07, 6.45) is 0.631. The van der Waals surface area contributed by atoms with Crippen LogP contribution in [0.4, 0.5) is 10.3 Å². The second-order valence-electron chi connectivity index (χ2n) is 7.29. The molecule has 2 heterocycles. The number of rotatable bonds is 6. The van der Waals surface area contributed by atoms with E-state index in [0.717, 1.165) is 15.7 Å². The molecular weight excluding hydrogens is 421 g/mol. The van der Waals surface area contributed by atoms with Gasteiger partial charge in [0.15, 0.2) is 11.2 Å². The van der Waals surface area contributed by atoms with Gasteiger partial charge in [-0.3, -0.25) is 18.5 Å². The first kappa shape index (κ1) is 20.9. The average Bonchev–Trinajstić information content (AvgIpc) is 3.12. The number of imidazole rings is 1. The van der Waals surface area contributed by atoms with Crippen LogP contribution in [-0.4, -0.2) is 25.2 Å². The molecule has 0 aliphatic rings. The van der Waals surface area contributed by atoms with Crippen molar-refractivity contribution in [1.82, 2.24) is 18.7 Å². The minimum absolute atomic E-state index is 0.282. The lowest BCUT2D eigenvalue weighted by molar-refractivity contribution is 0.627. The quantitative estimate of drug-likeness (QED) is 0.499. The fourth-order valence-corrected chi connectivity index (χ4v) is 3.70. The number of aryl methyl sites for hydroxylation is 1. The van der Waals surface area contributed by atoms with Crippen LogP contribution in [0.3, 0.4) is 0 Å². The fraction of sp³-hybridized carbons (Fsp3) is 0.227. The molecule has 0 aliphatic heterocycles. The predicted octanol–water partition coefficient (Wildman–Crippen LogP) is 2.93. The molecule has 4 rings (SSSR count). The molecule has 31 heavy (non-hydrogen) atoms. The van der Waals surface area contributed by atoms with Crippen LogP contribution >= 0.6 is 11.6 Å². The topological polar surface area (TPSA) is 73.8 Å². The van der Waals surface area contributed by atoms with Crippen LogP contribution in [-0.2, 0) is 27.1 Å². The highest BCUT2D eigenvalue weighted by atomic mass is 35.5. The maximum atomic E-state index is 13.1. The van der Waals surface area contributed by atoms with Crippen molar-refractivity contribution >= 4 is 28.7 Å². The van der Waals surface area contributed by atoms with Crippen molar-refractivity contribution in [3.63, 3.8) is 0 Å². The molecule has 7 nitrogen and oxygen atoms in total. The zero-order chi connectivity index (χ0) is 22.1. The first-order valence-corrected chi connectivity index (χ1v) is 10.1. The van der Waals surface area contributed by atoms with Gasteiger partial charge in [-0.2, -0.15) is 4.98 Å².